The highest BCUT2D eigenvalue weighted by molar-refractivity contribution is 6.33. The second kappa shape index (κ2) is 9.48. The Morgan fingerprint density at radius 2 is 1.93 bits per heavy atom. The number of urea groups is 1. The number of anilines is 2. The summed E-state index contributed by atoms with van der Waals surface area (Å²) in [5.41, 5.74) is 1.82. The molecular weight excluding hydrogens is 364 g/mol. The van der Waals surface area contributed by atoms with Crippen molar-refractivity contribution >= 4 is 29.0 Å². The van der Waals surface area contributed by atoms with E-state index < -0.39 is 0 Å². The molecule has 0 atom stereocenters. The van der Waals surface area contributed by atoms with Gasteiger partial charge in [0, 0.05) is 11.8 Å². The fourth-order valence-electron chi connectivity index (χ4n) is 3.22. The van der Waals surface area contributed by atoms with Crippen molar-refractivity contribution < 1.29 is 14.4 Å². The minimum atomic E-state index is -0.257. The Morgan fingerprint density at radius 3 is 2.63 bits per heavy atom. The first-order valence-electron chi connectivity index (χ1n) is 9.17. The van der Waals surface area contributed by atoms with Gasteiger partial charge in [-0.2, -0.15) is 0 Å². The summed E-state index contributed by atoms with van der Waals surface area (Å²) >= 11 is 6.11. The van der Waals surface area contributed by atoms with E-state index in [-0.39, 0.29) is 6.03 Å². The van der Waals surface area contributed by atoms with Gasteiger partial charge >= 0.3 is 6.03 Å². The van der Waals surface area contributed by atoms with Crippen LogP contribution >= 0.6 is 11.6 Å². The van der Waals surface area contributed by atoms with E-state index >= 15 is 0 Å². The second-order valence-corrected chi connectivity index (χ2v) is 6.96. The lowest BCUT2D eigenvalue weighted by Crippen LogP contribution is -3.15. The molecule has 0 aliphatic carbocycles. The fourth-order valence-corrected chi connectivity index (χ4v) is 3.38. The SMILES string of the molecule is COc1ccc(Cl)c(NC(=O)NCC[NH+]2CCN(c3ccccc3)CC2)c1. The van der Waals surface area contributed by atoms with Crippen molar-refractivity contribution in [2.75, 3.05) is 56.6 Å². The summed E-state index contributed by atoms with van der Waals surface area (Å²) < 4.78 is 5.15. The van der Waals surface area contributed by atoms with E-state index in [2.05, 4.69) is 39.8 Å². The summed E-state index contributed by atoms with van der Waals surface area (Å²) in [6.07, 6.45) is 0. The highest BCUT2D eigenvalue weighted by Gasteiger charge is 2.19. The molecule has 1 aliphatic heterocycles. The first kappa shape index (κ1) is 19.3. The third-order valence-electron chi connectivity index (χ3n) is 4.78. The van der Waals surface area contributed by atoms with Crippen LogP contribution in [0, 0.1) is 0 Å². The molecule has 0 aromatic heterocycles. The fraction of sp³-hybridized carbons (Fsp3) is 0.350. The van der Waals surface area contributed by atoms with E-state index in [1.54, 1.807) is 25.3 Å². The van der Waals surface area contributed by atoms with Gasteiger partial charge in [0.05, 0.1) is 57.1 Å². The third-order valence-corrected chi connectivity index (χ3v) is 5.11. The van der Waals surface area contributed by atoms with Crippen molar-refractivity contribution in [2.24, 2.45) is 0 Å². The number of carbonyl (C=O) groups excluding carboxylic acids is 1. The molecule has 6 nitrogen and oxygen atoms in total. The number of methoxy groups -OCH3 is 1. The first-order chi connectivity index (χ1) is 13.2. The summed E-state index contributed by atoms with van der Waals surface area (Å²) in [5, 5.41) is 6.15. The van der Waals surface area contributed by atoms with Gasteiger partial charge in [0.15, 0.2) is 0 Å². The molecule has 144 valence electrons. The number of piperazine rings is 1. The molecule has 1 saturated heterocycles. The number of hydrogen-bond donors (Lipinski definition) is 3. The van der Waals surface area contributed by atoms with E-state index in [1.807, 2.05) is 6.07 Å². The molecule has 2 aromatic carbocycles. The first-order valence-corrected chi connectivity index (χ1v) is 9.55. The zero-order valence-corrected chi connectivity index (χ0v) is 16.3. The molecule has 27 heavy (non-hydrogen) atoms. The van der Waals surface area contributed by atoms with Crippen LogP contribution in [0.1, 0.15) is 0 Å². The second-order valence-electron chi connectivity index (χ2n) is 6.55. The molecule has 0 spiro atoms. The zero-order valence-electron chi connectivity index (χ0n) is 15.5. The van der Waals surface area contributed by atoms with Gasteiger partial charge in [-0.1, -0.05) is 29.8 Å². The monoisotopic (exact) mass is 389 g/mol. The molecule has 3 rings (SSSR count). The van der Waals surface area contributed by atoms with Crippen LogP contribution in [0.4, 0.5) is 16.2 Å². The van der Waals surface area contributed by atoms with Crippen LogP contribution in [0.5, 0.6) is 5.75 Å². The molecule has 2 aromatic rings. The molecule has 7 heteroatoms. The number of para-hydroxylation sites is 1. The van der Waals surface area contributed by atoms with Crippen molar-refractivity contribution in [3.05, 3.63) is 53.6 Å². The maximum Gasteiger partial charge on any atom is 0.319 e. The number of quaternary nitrogens is 1. The molecule has 1 fully saturated rings. The normalized spacial score (nSPS) is 14.7. The van der Waals surface area contributed by atoms with E-state index in [0.717, 1.165) is 32.7 Å². The van der Waals surface area contributed by atoms with Crippen LogP contribution in [0.25, 0.3) is 0 Å². The van der Waals surface area contributed by atoms with E-state index in [9.17, 15) is 4.79 Å². The number of amides is 2. The molecule has 0 radical (unpaired) electrons. The standard InChI is InChI=1S/C20H25ClN4O2/c1-27-17-7-8-18(21)19(15-17)23-20(26)22-9-10-24-11-13-25(14-12-24)16-5-3-2-4-6-16/h2-8,15H,9-14H2,1H3,(H2,22,23,26)/p+1. The molecule has 3 N–H and O–H groups in total. The highest BCUT2D eigenvalue weighted by Crippen LogP contribution is 2.26. The summed E-state index contributed by atoms with van der Waals surface area (Å²) in [6, 6.07) is 15.4. The maximum absolute atomic E-state index is 12.1. The van der Waals surface area contributed by atoms with E-state index in [1.165, 1.54) is 10.6 Å². The van der Waals surface area contributed by atoms with Crippen LogP contribution in [0.3, 0.4) is 0 Å². The lowest BCUT2D eigenvalue weighted by molar-refractivity contribution is -0.899. The Balaban J connectivity index is 1.38. The van der Waals surface area contributed by atoms with Gasteiger partial charge in [0.2, 0.25) is 0 Å². The Hall–Kier alpha value is -2.44. The van der Waals surface area contributed by atoms with Crippen LogP contribution in [-0.2, 0) is 0 Å². The Morgan fingerprint density at radius 1 is 1.19 bits per heavy atom. The van der Waals surface area contributed by atoms with Gasteiger partial charge in [-0.25, -0.2) is 4.79 Å². The van der Waals surface area contributed by atoms with Crippen molar-refractivity contribution in [3.8, 4) is 5.75 Å². The van der Waals surface area contributed by atoms with Gasteiger partial charge in [-0.15, -0.1) is 0 Å². The number of nitrogens with zero attached hydrogens (tertiary/aromatic N) is 1. The van der Waals surface area contributed by atoms with Gasteiger partial charge < -0.3 is 25.2 Å². The van der Waals surface area contributed by atoms with Crippen LogP contribution < -0.4 is 25.2 Å². The van der Waals surface area contributed by atoms with E-state index in [4.69, 9.17) is 16.3 Å². The number of halogens is 1. The molecule has 0 saturated carbocycles. The van der Waals surface area contributed by atoms with Gasteiger partial charge in [-0.3, -0.25) is 0 Å². The Labute approximate surface area is 165 Å². The van der Waals surface area contributed by atoms with Gasteiger partial charge in [-0.05, 0) is 24.3 Å². The van der Waals surface area contributed by atoms with Crippen molar-refractivity contribution in [3.63, 3.8) is 0 Å². The van der Waals surface area contributed by atoms with Crippen molar-refractivity contribution in [1.82, 2.24) is 5.32 Å². The van der Waals surface area contributed by atoms with Crippen molar-refractivity contribution in [1.29, 1.82) is 0 Å². The molecular formula is C20H26ClN4O2+. The lowest BCUT2D eigenvalue weighted by atomic mass is 10.2. The maximum atomic E-state index is 12.1. The minimum absolute atomic E-state index is 0.257. The van der Waals surface area contributed by atoms with Crippen LogP contribution in [0.2, 0.25) is 5.02 Å². The average Bonchev–Trinajstić information content (AvgIpc) is 2.71. The number of rotatable bonds is 6. The number of nitrogens with one attached hydrogen (secondary N) is 3. The average molecular weight is 390 g/mol. The topological polar surface area (TPSA) is 58.0 Å². The van der Waals surface area contributed by atoms with Crippen LogP contribution in [0.15, 0.2) is 48.5 Å². The Bertz CT molecular complexity index is 749. The van der Waals surface area contributed by atoms with E-state index in [0.29, 0.717) is 23.0 Å². The summed E-state index contributed by atoms with van der Waals surface area (Å²) in [6.45, 7) is 5.73. The number of carbonyl (C=O) groups is 1. The highest BCUT2D eigenvalue weighted by atomic mass is 35.5. The molecule has 2 amide bonds. The number of ether oxygens (including phenoxy) is 1. The molecule has 1 aliphatic rings. The smallest absolute Gasteiger partial charge is 0.319 e. The third kappa shape index (κ3) is 5.52. The largest absolute Gasteiger partial charge is 0.497 e. The minimum Gasteiger partial charge on any atom is -0.497 e. The molecule has 1 heterocycles. The molecule has 0 unspecified atom stereocenters. The van der Waals surface area contributed by atoms with Crippen molar-refractivity contribution in [2.45, 2.75) is 0 Å². The predicted octanol–water partition coefficient (Wildman–Crippen LogP) is 1.88. The predicted molar refractivity (Wildman–Crippen MR) is 109 cm³/mol. The van der Waals surface area contributed by atoms with Gasteiger partial charge in [0.1, 0.15) is 5.75 Å². The molecule has 0 bridgehead atoms. The quantitative estimate of drug-likeness (QED) is 0.707. The van der Waals surface area contributed by atoms with Crippen LogP contribution in [-0.4, -0.2) is 52.4 Å². The lowest BCUT2D eigenvalue weighted by Gasteiger charge is -2.33. The number of hydrogen-bond acceptors (Lipinski definition) is 3. The van der Waals surface area contributed by atoms with Gasteiger partial charge in [0.25, 0.3) is 0 Å². The summed E-state index contributed by atoms with van der Waals surface area (Å²) in [5.74, 6) is 0.649. The summed E-state index contributed by atoms with van der Waals surface area (Å²) in [7, 11) is 1.58. The zero-order chi connectivity index (χ0) is 19.1. The number of benzene rings is 2. The Kier molecular flexibility index (Phi) is 6.79. The summed E-state index contributed by atoms with van der Waals surface area (Å²) in [4.78, 5) is 16.0.